The summed E-state index contributed by atoms with van der Waals surface area (Å²) in [6.07, 6.45) is 6.42. The molecule has 0 aliphatic rings. The third-order valence-corrected chi connectivity index (χ3v) is 2.18. The smallest absolute Gasteiger partial charge is 0.102 e. The molecule has 0 saturated carbocycles. The van der Waals surface area contributed by atoms with Crippen molar-refractivity contribution >= 4 is 0 Å². The lowest BCUT2D eigenvalue weighted by Gasteiger charge is -2.18. The van der Waals surface area contributed by atoms with Gasteiger partial charge in [-0.25, -0.2) is 0 Å². The predicted octanol–water partition coefficient (Wildman–Crippen LogP) is 4.90. The van der Waals surface area contributed by atoms with Gasteiger partial charge in [0.2, 0.25) is 0 Å². The van der Waals surface area contributed by atoms with Gasteiger partial charge in [-0.3, -0.25) is 0 Å². The van der Waals surface area contributed by atoms with Crippen molar-refractivity contribution in [2.75, 3.05) is 0 Å². The molecule has 0 spiro atoms. The van der Waals surface area contributed by atoms with Crippen molar-refractivity contribution in [1.82, 2.24) is 0 Å². The summed E-state index contributed by atoms with van der Waals surface area (Å²) in [6, 6.07) is 0. The second-order valence-corrected chi connectivity index (χ2v) is 4.44. The van der Waals surface area contributed by atoms with E-state index in [-0.39, 0.29) is 0 Å². The van der Waals surface area contributed by atoms with E-state index in [0.29, 0.717) is 11.8 Å². The molecule has 1 heteroatoms. The lowest BCUT2D eigenvalue weighted by atomic mass is 10.1. The molecule has 0 amide bonds. The Morgan fingerprint density at radius 1 is 0.867 bits per heavy atom. The van der Waals surface area contributed by atoms with Gasteiger partial charge in [-0.05, 0) is 25.0 Å². The number of allylic oxidation sites excluding steroid dienone is 4. The average molecular weight is 210 g/mol. The lowest BCUT2D eigenvalue weighted by molar-refractivity contribution is 0.232. The third-order valence-electron chi connectivity index (χ3n) is 2.18. The van der Waals surface area contributed by atoms with Crippen LogP contribution < -0.4 is 0 Å². The van der Waals surface area contributed by atoms with Crippen LogP contribution in [0.3, 0.4) is 0 Å². The van der Waals surface area contributed by atoms with Gasteiger partial charge >= 0.3 is 0 Å². The Morgan fingerprint density at radius 3 is 1.40 bits per heavy atom. The van der Waals surface area contributed by atoms with Crippen LogP contribution in [0.2, 0.25) is 0 Å². The third kappa shape index (κ3) is 5.66. The first-order chi connectivity index (χ1) is 7.02. The summed E-state index contributed by atoms with van der Waals surface area (Å²) in [5, 5.41) is 0. The number of hydrogen-bond acceptors (Lipinski definition) is 1. The van der Waals surface area contributed by atoms with Gasteiger partial charge in [-0.2, -0.15) is 0 Å². The SMILES string of the molecule is CCC=C(OC(=CCC)C(C)C)C(C)C. The topological polar surface area (TPSA) is 9.23 Å². The molecule has 0 bridgehead atoms. The second-order valence-electron chi connectivity index (χ2n) is 4.44. The summed E-state index contributed by atoms with van der Waals surface area (Å²) in [6.45, 7) is 13.0. The highest BCUT2D eigenvalue weighted by Crippen LogP contribution is 2.21. The number of hydrogen-bond donors (Lipinski definition) is 0. The Labute approximate surface area is 95.2 Å². The Hall–Kier alpha value is -0.720. The maximum absolute atomic E-state index is 5.98. The molecular weight excluding hydrogens is 184 g/mol. The average Bonchev–Trinajstić information content (AvgIpc) is 2.15. The first-order valence-corrected chi connectivity index (χ1v) is 6.10. The molecule has 0 N–H and O–H groups in total. The number of ether oxygens (including phenoxy) is 1. The molecule has 0 aliphatic heterocycles. The summed E-state index contributed by atoms with van der Waals surface area (Å²) in [5.41, 5.74) is 0. The molecule has 0 saturated heterocycles. The normalized spacial score (nSPS) is 13.9. The monoisotopic (exact) mass is 210 g/mol. The summed E-state index contributed by atoms with van der Waals surface area (Å²) < 4.78 is 5.98. The molecule has 0 fully saturated rings. The van der Waals surface area contributed by atoms with E-state index in [1.807, 2.05) is 0 Å². The van der Waals surface area contributed by atoms with E-state index < -0.39 is 0 Å². The van der Waals surface area contributed by atoms with E-state index in [2.05, 4.69) is 53.7 Å². The van der Waals surface area contributed by atoms with Crippen LogP contribution in [0.4, 0.5) is 0 Å². The van der Waals surface area contributed by atoms with Crippen molar-refractivity contribution < 1.29 is 4.74 Å². The zero-order valence-electron chi connectivity index (χ0n) is 11.1. The number of rotatable bonds is 6. The largest absolute Gasteiger partial charge is 0.466 e. The van der Waals surface area contributed by atoms with Gasteiger partial charge in [-0.15, -0.1) is 0 Å². The molecule has 0 aromatic heterocycles. The van der Waals surface area contributed by atoms with Crippen LogP contribution in [0.1, 0.15) is 54.4 Å². The van der Waals surface area contributed by atoms with Crippen molar-refractivity contribution in [2.45, 2.75) is 54.4 Å². The molecule has 88 valence electrons. The molecule has 0 unspecified atom stereocenters. The summed E-state index contributed by atoms with van der Waals surface area (Å²) in [4.78, 5) is 0. The van der Waals surface area contributed by atoms with Crippen LogP contribution >= 0.6 is 0 Å². The van der Waals surface area contributed by atoms with E-state index in [0.717, 1.165) is 24.4 Å². The van der Waals surface area contributed by atoms with E-state index in [9.17, 15) is 0 Å². The highest BCUT2D eigenvalue weighted by atomic mass is 16.5. The van der Waals surface area contributed by atoms with Gasteiger partial charge in [0.25, 0.3) is 0 Å². The van der Waals surface area contributed by atoms with Gasteiger partial charge in [0, 0.05) is 11.8 Å². The van der Waals surface area contributed by atoms with Crippen LogP contribution in [0.5, 0.6) is 0 Å². The zero-order valence-corrected chi connectivity index (χ0v) is 11.1. The molecule has 0 aliphatic carbocycles. The van der Waals surface area contributed by atoms with Crippen molar-refractivity contribution in [3.63, 3.8) is 0 Å². The highest BCUT2D eigenvalue weighted by molar-refractivity contribution is 5.05. The molecule has 0 aromatic carbocycles. The Kier molecular flexibility index (Phi) is 7.19. The summed E-state index contributed by atoms with van der Waals surface area (Å²) >= 11 is 0. The molecule has 0 aromatic rings. The summed E-state index contributed by atoms with van der Waals surface area (Å²) in [7, 11) is 0. The molecule has 0 radical (unpaired) electrons. The van der Waals surface area contributed by atoms with E-state index >= 15 is 0 Å². The maximum Gasteiger partial charge on any atom is 0.102 e. The maximum atomic E-state index is 5.98. The fraction of sp³-hybridized carbons (Fsp3) is 0.714. The second kappa shape index (κ2) is 7.56. The first-order valence-electron chi connectivity index (χ1n) is 6.10. The van der Waals surface area contributed by atoms with Gasteiger partial charge < -0.3 is 4.74 Å². The van der Waals surface area contributed by atoms with Gasteiger partial charge in [-0.1, -0.05) is 41.5 Å². The molecule has 1 nitrogen and oxygen atoms in total. The van der Waals surface area contributed by atoms with Crippen molar-refractivity contribution in [1.29, 1.82) is 0 Å². The zero-order chi connectivity index (χ0) is 11.8. The molecule has 0 atom stereocenters. The Bertz CT molecular complexity index is 197. The van der Waals surface area contributed by atoms with Crippen LogP contribution in [-0.2, 0) is 4.74 Å². The van der Waals surface area contributed by atoms with Gasteiger partial charge in [0.1, 0.15) is 11.5 Å². The minimum absolute atomic E-state index is 0.462. The van der Waals surface area contributed by atoms with Crippen LogP contribution in [0.25, 0.3) is 0 Å². The molecular formula is C14H26O. The van der Waals surface area contributed by atoms with E-state index in [1.54, 1.807) is 0 Å². The molecule has 0 heterocycles. The minimum Gasteiger partial charge on any atom is -0.466 e. The standard InChI is InChI=1S/C14H26O/c1-7-9-13(11(3)4)15-14(10-8-2)12(5)6/h9-12H,7-8H2,1-6H3. The lowest BCUT2D eigenvalue weighted by Crippen LogP contribution is -2.05. The van der Waals surface area contributed by atoms with Gasteiger partial charge in [0.05, 0.1) is 0 Å². The fourth-order valence-electron chi connectivity index (χ4n) is 1.33. The summed E-state index contributed by atoms with van der Waals surface area (Å²) in [5.74, 6) is 3.13. The fourth-order valence-corrected chi connectivity index (χ4v) is 1.33. The quantitative estimate of drug-likeness (QED) is 0.566. The minimum atomic E-state index is 0.462. The predicted molar refractivity (Wildman–Crippen MR) is 67.5 cm³/mol. The van der Waals surface area contributed by atoms with Crippen LogP contribution in [-0.4, -0.2) is 0 Å². The molecule has 15 heavy (non-hydrogen) atoms. The van der Waals surface area contributed by atoms with Crippen LogP contribution in [0, 0.1) is 11.8 Å². The van der Waals surface area contributed by atoms with E-state index in [1.165, 1.54) is 0 Å². The van der Waals surface area contributed by atoms with Crippen molar-refractivity contribution in [3.05, 3.63) is 23.7 Å². The van der Waals surface area contributed by atoms with Crippen molar-refractivity contribution in [2.24, 2.45) is 11.8 Å². The Balaban J connectivity index is 4.63. The first kappa shape index (κ1) is 14.3. The van der Waals surface area contributed by atoms with E-state index in [4.69, 9.17) is 4.74 Å². The van der Waals surface area contributed by atoms with Gasteiger partial charge in [0.15, 0.2) is 0 Å². The Morgan fingerprint density at radius 2 is 1.20 bits per heavy atom. The van der Waals surface area contributed by atoms with Crippen molar-refractivity contribution in [3.8, 4) is 0 Å². The highest BCUT2D eigenvalue weighted by Gasteiger charge is 2.10. The molecule has 0 rings (SSSR count). The van der Waals surface area contributed by atoms with Crippen LogP contribution in [0.15, 0.2) is 23.7 Å².